The number of hydrogen-bond acceptors (Lipinski definition) is 5. The van der Waals surface area contributed by atoms with Crippen LogP contribution in [0.15, 0.2) is 60.8 Å². The Kier molecular flexibility index (Phi) is 7.11. The zero-order valence-electron chi connectivity index (χ0n) is 22.3. The van der Waals surface area contributed by atoms with Crippen LogP contribution < -0.4 is 5.32 Å². The molecule has 2 aliphatic rings. The lowest BCUT2D eigenvalue weighted by Crippen LogP contribution is -2.32. The highest BCUT2D eigenvalue weighted by Crippen LogP contribution is 2.27. The second-order valence-electron chi connectivity index (χ2n) is 10.9. The van der Waals surface area contributed by atoms with Gasteiger partial charge in [0.05, 0.1) is 17.4 Å². The van der Waals surface area contributed by atoms with Crippen LogP contribution in [0.1, 0.15) is 59.1 Å². The summed E-state index contributed by atoms with van der Waals surface area (Å²) in [6, 6.07) is 18.1. The summed E-state index contributed by atoms with van der Waals surface area (Å²) in [5, 5.41) is 10.9. The number of nitrogens with zero attached hydrogens (tertiary/aromatic N) is 4. The lowest BCUT2D eigenvalue weighted by atomic mass is 9.98. The summed E-state index contributed by atoms with van der Waals surface area (Å²) in [6.45, 7) is 7.14. The van der Waals surface area contributed by atoms with Gasteiger partial charge in [0, 0.05) is 25.0 Å². The molecule has 4 aromatic rings. The highest BCUT2D eigenvalue weighted by atomic mass is 16.2. The molecule has 6 rings (SSSR count). The van der Waals surface area contributed by atoms with E-state index in [4.69, 9.17) is 0 Å². The van der Waals surface area contributed by atoms with Crippen molar-refractivity contribution in [3.8, 4) is 11.1 Å². The molecule has 0 radical (unpaired) electrons. The molecule has 0 bridgehead atoms. The summed E-state index contributed by atoms with van der Waals surface area (Å²) in [6.07, 6.45) is 6.11. The lowest BCUT2D eigenvalue weighted by Gasteiger charge is -2.30. The van der Waals surface area contributed by atoms with E-state index in [1.165, 1.54) is 24.6 Å². The van der Waals surface area contributed by atoms with Crippen molar-refractivity contribution in [2.45, 2.75) is 39.2 Å². The normalized spacial score (nSPS) is 16.6. The summed E-state index contributed by atoms with van der Waals surface area (Å²) in [4.78, 5) is 34.4. The van der Waals surface area contributed by atoms with Gasteiger partial charge in [0.15, 0.2) is 5.69 Å². The van der Waals surface area contributed by atoms with Crippen LogP contribution in [0.25, 0.3) is 22.0 Å². The highest BCUT2D eigenvalue weighted by Gasteiger charge is 2.21. The third-order valence-corrected chi connectivity index (χ3v) is 7.95. The zero-order valence-corrected chi connectivity index (χ0v) is 22.3. The predicted octanol–water partition coefficient (Wildman–Crippen LogP) is 5.35. The molecule has 0 spiro atoms. The first kappa shape index (κ1) is 25.2. The number of anilines is 1. The van der Waals surface area contributed by atoms with Crippen molar-refractivity contribution in [3.05, 3.63) is 77.7 Å². The summed E-state index contributed by atoms with van der Waals surface area (Å²) < 4.78 is 0. The molecule has 2 aromatic carbocycles. The first-order valence-corrected chi connectivity index (χ1v) is 13.9. The largest absolute Gasteiger partial charge is 0.337 e. The fourth-order valence-electron chi connectivity index (χ4n) is 5.56. The van der Waals surface area contributed by atoms with Crippen molar-refractivity contribution < 1.29 is 9.59 Å². The number of aromatic nitrogens is 3. The van der Waals surface area contributed by atoms with Crippen LogP contribution in [0.4, 0.5) is 5.69 Å². The van der Waals surface area contributed by atoms with Gasteiger partial charge in [-0.3, -0.25) is 19.6 Å². The number of benzene rings is 2. The second kappa shape index (κ2) is 11.0. The van der Waals surface area contributed by atoms with Crippen LogP contribution >= 0.6 is 0 Å². The van der Waals surface area contributed by atoms with E-state index in [-0.39, 0.29) is 11.8 Å². The number of aromatic amines is 1. The zero-order chi connectivity index (χ0) is 26.8. The molecule has 8 heteroatoms. The molecule has 4 heterocycles. The fraction of sp³-hybridized carbons (Fsp3) is 0.355. The molecule has 2 saturated heterocycles. The first-order valence-electron chi connectivity index (χ1n) is 13.9. The molecule has 2 aliphatic heterocycles. The molecule has 8 nitrogen and oxygen atoms in total. The number of amides is 2. The van der Waals surface area contributed by atoms with Gasteiger partial charge in [-0.15, -0.1) is 0 Å². The Morgan fingerprint density at radius 1 is 0.974 bits per heavy atom. The van der Waals surface area contributed by atoms with Crippen molar-refractivity contribution in [2.24, 2.45) is 5.92 Å². The average Bonchev–Trinajstić information content (AvgIpc) is 3.65. The van der Waals surface area contributed by atoms with Crippen molar-refractivity contribution >= 4 is 28.4 Å². The minimum absolute atomic E-state index is 0.0641. The number of rotatable bonds is 6. The Hall–Kier alpha value is -4.04. The SMILES string of the molecule is CC1CCN(Cc2cccc(-c3ccc4[nH]nc(C(=O)Nc5ccc(C(=O)N6CCCC6)nc5)c4c3)c2)CC1. The molecule has 2 N–H and O–H groups in total. The summed E-state index contributed by atoms with van der Waals surface area (Å²) in [5.41, 5.74) is 5.49. The van der Waals surface area contributed by atoms with Crippen LogP contribution in [-0.4, -0.2) is 63.0 Å². The van der Waals surface area contributed by atoms with E-state index in [0.29, 0.717) is 17.1 Å². The quantitative estimate of drug-likeness (QED) is 0.356. The van der Waals surface area contributed by atoms with E-state index >= 15 is 0 Å². The smallest absolute Gasteiger partial charge is 0.276 e. The Labute approximate surface area is 228 Å². The third kappa shape index (κ3) is 5.56. The molecule has 200 valence electrons. The van der Waals surface area contributed by atoms with Crippen LogP contribution in [-0.2, 0) is 6.54 Å². The van der Waals surface area contributed by atoms with Gasteiger partial charge in [-0.2, -0.15) is 5.10 Å². The number of carbonyl (C=O) groups is 2. The number of nitrogens with one attached hydrogen (secondary N) is 2. The van der Waals surface area contributed by atoms with E-state index in [9.17, 15) is 9.59 Å². The number of H-pyrrole nitrogens is 1. The van der Waals surface area contributed by atoms with Crippen LogP contribution in [0.5, 0.6) is 0 Å². The Bertz CT molecular complexity index is 1480. The number of carbonyl (C=O) groups excluding carboxylic acids is 2. The maximum absolute atomic E-state index is 13.2. The van der Waals surface area contributed by atoms with Gasteiger partial charge in [0.2, 0.25) is 0 Å². The van der Waals surface area contributed by atoms with Gasteiger partial charge >= 0.3 is 0 Å². The van der Waals surface area contributed by atoms with Gasteiger partial charge in [-0.05, 0) is 91.7 Å². The van der Waals surface area contributed by atoms with Gasteiger partial charge in [-0.1, -0.05) is 31.2 Å². The summed E-state index contributed by atoms with van der Waals surface area (Å²) >= 11 is 0. The average molecular weight is 523 g/mol. The van der Waals surface area contributed by atoms with E-state index in [2.05, 4.69) is 62.7 Å². The molecule has 2 aromatic heterocycles. The molecule has 39 heavy (non-hydrogen) atoms. The molecular weight excluding hydrogens is 488 g/mol. The van der Waals surface area contributed by atoms with Crippen LogP contribution in [0.2, 0.25) is 0 Å². The predicted molar refractivity (Wildman–Crippen MR) is 153 cm³/mol. The topological polar surface area (TPSA) is 94.2 Å². The summed E-state index contributed by atoms with van der Waals surface area (Å²) in [5.74, 6) is 0.429. The molecule has 0 unspecified atom stereocenters. The van der Waals surface area contributed by atoms with Crippen molar-refractivity contribution in [3.63, 3.8) is 0 Å². The minimum Gasteiger partial charge on any atom is -0.337 e. The van der Waals surface area contributed by atoms with Gasteiger partial charge < -0.3 is 10.2 Å². The maximum Gasteiger partial charge on any atom is 0.276 e. The minimum atomic E-state index is -0.327. The molecule has 0 atom stereocenters. The standard InChI is InChI=1S/C31H34N6O2/c1-21-11-15-36(16-12-21)20-22-5-4-6-23(17-22)24-7-9-27-26(18-24)29(35-34-27)30(38)33-25-8-10-28(32-19-25)31(39)37-13-2-3-14-37/h4-10,17-19,21H,2-3,11-16,20H2,1H3,(H,33,38)(H,34,35). The molecule has 0 saturated carbocycles. The van der Waals surface area contributed by atoms with E-state index in [0.717, 1.165) is 73.5 Å². The fourth-order valence-corrected chi connectivity index (χ4v) is 5.56. The van der Waals surface area contributed by atoms with E-state index < -0.39 is 0 Å². The molecule has 2 fully saturated rings. The highest BCUT2D eigenvalue weighted by molar-refractivity contribution is 6.11. The molecular formula is C31H34N6O2. The number of likely N-dealkylation sites (tertiary alicyclic amines) is 2. The molecule has 0 aliphatic carbocycles. The number of hydrogen-bond donors (Lipinski definition) is 2. The van der Waals surface area contributed by atoms with Crippen molar-refractivity contribution in [1.82, 2.24) is 25.0 Å². The van der Waals surface area contributed by atoms with E-state index in [1.54, 1.807) is 12.1 Å². The van der Waals surface area contributed by atoms with Crippen molar-refractivity contribution in [1.29, 1.82) is 0 Å². The van der Waals surface area contributed by atoms with Gasteiger partial charge in [-0.25, -0.2) is 4.98 Å². The second-order valence-corrected chi connectivity index (χ2v) is 10.9. The Balaban J connectivity index is 1.17. The van der Waals surface area contributed by atoms with E-state index in [1.807, 2.05) is 17.0 Å². The first-order chi connectivity index (χ1) is 19.0. The summed E-state index contributed by atoms with van der Waals surface area (Å²) in [7, 11) is 0. The van der Waals surface area contributed by atoms with Crippen LogP contribution in [0, 0.1) is 5.92 Å². The van der Waals surface area contributed by atoms with Gasteiger partial charge in [0.1, 0.15) is 5.69 Å². The monoisotopic (exact) mass is 522 g/mol. The lowest BCUT2D eigenvalue weighted by molar-refractivity contribution is 0.0787. The third-order valence-electron chi connectivity index (χ3n) is 7.95. The number of fused-ring (bicyclic) bond motifs is 1. The van der Waals surface area contributed by atoms with Crippen LogP contribution in [0.3, 0.4) is 0 Å². The Morgan fingerprint density at radius 3 is 2.54 bits per heavy atom. The number of piperidine rings is 1. The van der Waals surface area contributed by atoms with Gasteiger partial charge in [0.25, 0.3) is 11.8 Å². The maximum atomic E-state index is 13.2. The number of pyridine rings is 1. The molecule has 2 amide bonds. The Morgan fingerprint density at radius 2 is 1.77 bits per heavy atom. The van der Waals surface area contributed by atoms with Crippen molar-refractivity contribution in [2.75, 3.05) is 31.5 Å².